The van der Waals surface area contributed by atoms with Gasteiger partial charge < -0.3 is 4.52 Å². The minimum Gasteiger partial charge on any atom is -0.369 e. The van der Waals surface area contributed by atoms with Crippen molar-refractivity contribution in [2.24, 2.45) is 0 Å². The summed E-state index contributed by atoms with van der Waals surface area (Å²) in [5.74, 6) is -0.955. The molecule has 1 aromatic carbocycles. The molecule has 1 saturated heterocycles. The van der Waals surface area contributed by atoms with Crippen LogP contribution in [0.5, 0.6) is 0 Å². The Hall–Kier alpha value is -1.24. The predicted molar refractivity (Wildman–Crippen MR) is 69.1 cm³/mol. The molecule has 0 amide bonds. The Balaban J connectivity index is 1.91. The highest BCUT2D eigenvalue weighted by Gasteiger charge is 2.36. The topological polar surface area (TPSA) is 96.3 Å². The van der Waals surface area contributed by atoms with Crippen LogP contribution in [0.25, 0.3) is 0 Å². The van der Waals surface area contributed by atoms with Crippen LogP contribution >= 0.6 is 7.82 Å². The molecule has 0 saturated carbocycles. The van der Waals surface area contributed by atoms with E-state index in [1.807, 2.05) is 30.3 Å². The zero-order chi connectivity index (χ0) is 14.6. The van der Waals surface area contributed by atoms with Gasteiger partial charge in [0.25, 0.3) is 0 Å². The highest BCUT2D eigenvalue weighted by molar-refractivity contribution is 7.46. The molecule has 20 heavy (non-hydrogen) atoms. The lowest BCUT2D eigenvalue weighted by Gasteiger charge is -2.22. The maximum Gasteiger partial charge on any atom is 0.527 e. The van der Waals surface area contributed by atoms with Crippen LogP contribution in [0.1, 0.15) is 18.4 Å². The number of carbonyl (C=O) groups is 1. The van der Waals surface area contributed by atoms with E-state index in [1.165, 1.54) is 5.06 Å². The molecule has 1 atom stereocenters. The summed E-state index contributed by atoms with van der Waals surface area (Å²) >= 11 is 0. The first-order valence-corrected chi connectivity index (χ1v) is 7.71. The summed E-state index contributed by atoms with van der Waals surface area (Å²) in [4.78, 5) is 34.5. The van der Waals surface area contributed by atoms with Crippen LogP contribution < -0.4 is 0 Å². The molecule has 8 heteroatoms. The van der Waals surface area contributed by atoms with Crippen molar-refractivity contribution < 1.29 is 28.5 Å². The number of hydroxylamine groups is 2. The molecule has 7 nitrogen and oxygen atoms in total. The van der Waals surface area contributed by atoms with Gasteiger partial charge in [-0.1, -0.05) is 30.3 Å². The highest BCUT2D eigenvalue weighted by Crippen LogP contribution is 2.37. The summed E-state index contributed by atoms with van der Waals surface area (Å²) in [6.45, 7) is 0.814. The normalized spacial score (nSPS) is 20.0. The van der Waals surface area contributed by atoms with Gasteiger partial charge in [0.1, 0.15) is 6.04 Å². The van der Waals surface area contributed by atoms with Crippen LogP contribution in [0.4, 0.5) is 0 Å². The zero-order valence-corrected chi connectivity index (χ0v) is 11.6. The lowest BCUT2D eigenvalue weighted by molar-refractivity contribution is -0.191. The summed E-state index contributed by atoms with van der Waals surface area (Å²) < 4.78 is 14.8. The average molecular weight is 301 g/mol. The summed E-state index contributed by atoms with van der Waals surface area (Å²) in [6.07, 6.45) is 1.16. The fourth-order valence-corrected chi connectivity index (χ4v) is 2.40. The highest BCUT2D eigenvalue weighted by atomic mass is 31.2. The van der Waals surface area contributed by atoms with Crippen molar-refractivity contribution in [3.63, 3.8) is 0 Å². The molecule has 1 aliphatic rings. The van der Waals surface area contributed by atoms with E-state index in [0.717, 1.165) is 5.56 Å². The molecule has 1 aromatic rings. The Bertz CT molecular complexity index is 502. The fourth-order valence-electron chi connectivity index (χ4n) is 2.04. The summed E-state index contributed by atoms with van der Waals surface area (Å²) in [6, 6.07) is 8.65. The summed E-state index contributed by atoms with van der Waals surface area (Å²) in [5, 5.41) is 1.42. The smallest absolute Gasteiger partial charge is 0.369 e. The van der Waals surface area contributed by atoms with E-state index in [1.54, 1.807) is 0 Å². The first-order chi connectivity index (χ1) is 9.46. The molecule has 0 aromatic heterocycles. The maximum absolute atomic E-state index is 11.6. The van der Waals surface area contributed by atoms with Crippen molar-refractivity contribution in [1.29, 1.82) is 0 Å². The number of rotatable bonds is 5. The molecule has 1 heterocycles. The van der Waals surface area contributed by atoms with Gasteiger partial charge in [-0.05, 0) is 18.4 Å². The molecule has 0 aliphatic carbocycles. The van der Waals surface area contributed by atoms with Crippen LogP contribution in [-0.2, 0) is 25.3 Å². The van der Waals surface area contributed by atoms with Crippen molar-refractivity contribution in [3.05, 3.63) is 35.9 Å². The Labute approximate surface area is 116 Å². The van der Waals surface area contributed by atoms with Gasteiger partial charge in [0.05, 0.1) is 6.61 Å². The molecule has 0 unspecified atom stereocenters. The van der Waals surface area contributed by atoms with Crippen LogP contribution in [-0.4, -0.2) is 33.4 Å². The standard InChI is InChI=1S/C12H16NO6P/c14-12(19-20(15,16)17)11-7-4-8-13(11)18-9-10-5-2-1-3-6-10/h1-3,5-6,11H,4,7-9H2,(H2,15,16,17)/t11-/m0/s1. The quantitative estimate of drug-likeness (QED) is 0.789. The molecule has 0 bridgehead atoms. The molecule has 1 fully saturated rings. The Morgan fingerprint density at radius 3 is 2.70 bits per heavy atom. The van der Waals surface area contributed by atoms with E-state index in [0.29, 0.717) is 26.0 Å². The predicted octanol–water partition coefficient (Wildman–Crippen LogP) is 1.22. The third-order valence-electron chi connectivity index (χ3n) is 2.92. The Morgan fingerprint density at radius 1 is 1.35 bits per heavy atom. The average Bonchev–Trinajstić information content (AvgIpc) is 2.84. The minimum atomic E-state index is -4.81. The second kappa shape index (κ2) is 6.47. The summed E-state index contributed by atoms with van der Waals surface area (Å²) in [7, 11) is -4.81. The first-order valence-electron chi connectivity index (χ1n) is 6.18. The van der Waals surface area contributed by atoms with Gasteiger partial charge in [-0.2, -0.15) is 5.06 Å². The SMILES string of the molecule is O=C(OP(=O)(O)O)[C@@H]1CCCN1OCc1ccccc1. The van der Waals surface area contributed by atoms with Gasteiger partial charge in [0.15, 0.2) is 0 Å². The largest absolute Gasteiger partial charge is 0.527 e. The number of hydrogen-bond acceptors (Lipinski definition) is 5. The number of phosphoric acid groups is 1. The van der Waals surface area contributed by atoms with Crippen molar-refractivity contribution >= 4 is 13.8 Å². The van der Waals surface area contributed by atoms with Gasteiger partial charge in [0, 0.05) is 6.54 Å². The van der Waals surface area contributed by atoms with Crippen LogP contribution in [0.15, 0.2) is 30.3 Å². The first kappa shape index (κ1) is 15.2. The number of phosphoric ester groups is 1. The van der Waals surface area contributed by atoms with Crippen LogP contribution in [0.3, 0.4) is 0 Å². The molecule has 0 spiro atoms. The van der Waals surface area contributed by atoms with E-state index < -0.39 is 19.8 Å². The molecule has 110 valence electrons. The van der Waals surface area contributed by atoms with E-state index in [2.05, 4.69) is 4.52 Å². The van der Waals surface area contributed by atoms with E-state index in [4.69, 9.17) is 14.6 Å². The van der Waals surface area contributed by atoms with E-state index in [9.17, 15) is 9.36 Å². The van der Waals surface area contributed by atoms with Gasteiger partial charge in [-0.25, -0.2) is 9.36 Å². The zero-order valence-electron chi connectivity index (χ0n) is 10.7. The number of benzene rings is 1. The van der Waals surface area contributed by atoms with Crippen LogP contribution in [0, 0.1) is 0 Å². The molecule has 2 N–H and O–H groups in total. The third kappa shape index (κ3) is 4.40. The lowest BCUT2D eigenvalue weighted by Crippen LogP contribution is -2.36. The Morgan fingerprint density at radius 2 is 2.05 bits per heavy atom. The van der Waals surface area contributed by atoms with Gasteiger partial charge in [0.2, 0.25) is 0 Å². The molecule has 0 radical (unpaired) electrons. The van der Waals surface area contributed by atoms with Crippen LogP contribution in [0.2, 0.25) is 0 Å². The lowest BCUT2D eigenvalue weighted by atomic mass is 10.2. The van der Waals surface area contributed by atoms with Gasteiger partial charge in [-0.3, -0.25) is 14.6 Å². The second-order valence-corrected chi connectivity index (χ2v) is 5.62. The van der Waals surface area contributed by atoms with Crippen molar-refractivity contribution in [1.82, 2.24) is 5.06 Å². The second-order valence-electron chi connectivity index (χ2n) is 4.46. The van der Waals surface area contributed by atoms with E-state index >= 15 is 0 Å². The molecule has 1 aliphatic heterocycles. The number of hydrogen-bond donors (Lipinski definition) is 2. The molecular weight excluding hydrogens is 285 g/mol. The third-order valence-corrected chi connectivity index (χ3v) is 3.34. The minimum absolute atomic E-state index is 0.292. The van der Waals surface area contributed by atoms with Crippen molar-refractivity contribution in [3.8, 4) is 0 Å². The van der Waals surface area contributed by atoms with Crippen molar-refractivity contribution in [2.45, 2.75) is 25.5 Å². The number of nitrogens with zero attached hydrogens (tertiary/aromatic N) is 1. The monoisotopic (exact) mass is 301 g/mol. The fraction of sp³-hybridized carbons (Fsp3) is 0.417. The Kier molecular flexibility index (Phi) is 4.91. The van der Waals surface area contributed by atoms with Crippen molar-refractivity contribution in [2.75, 3.05) is 6.54 Å². The summed E-state index contributed by atoms with van der Waals surface area (Å²) in [5.41, 5.74) is 0.946. The number of carbonyl (C=O) groups excluding carboxylic acids is 1. The molecule has 2 rings (SSSR count). The molecular formula is C12H16NO6P. The maximum atomic E-state index is 11.6. The van der Waals surface area contributed by atoms with E-state index in [-0.39, 0.29) is 0 Å². The van der Waals surface area contributed by atoms with Gasteiger partial charge >= 0.3 is 13.8 Å². The van der Waals surface area contributed by atoms with Gasteiger partial charge in [-0.15, -0.1) is 0 Å².